The summed E-state index contributed by atoms with van der Waals surface area (Å²) in [5.74, 6) is -0.879. The Morgan fingerprint density at radius 2 is 1.93 bits per heavy atom. The second-order valence-electron chi connectivity index (χ2n) is 10.4. The Balaban J connectivity index is 1.18. The standard InChI is InChI=1S/C27H29F3N8O2/c1-37-25(33-20-5-3-17(19-13-32-35-23(19)28)11-21(20)40-10-9-39-2)34-24(36-37)18-4-6-22(31-12-18)38-8-7-26(16-38)14-27(29,30)15-26/h3-6,11-13H,7-10,14-16H2,1-2H3,(H,32,35)(H,33,34,36). The number of pyridine rings is 1. The van der Waals surface area contributed by atoms with E-state index in [1.165, 1.54) is 6.20 Å². The summed E-state index contributed by atoms with van der Waals surface area (Å²) >= 11 is 0. The van der Waals surface area contributed by atoms with E-state index in [4.69, 9.17) is 9.47 Å². The molecule has 0 amide bonds. The van der Waals surface area contributed by atoms with E-state index in [0.717, 1.165) is 24.3 Å². The first-order chi connectivity index (χ1) is 19.2. The van der Waals surface area contributed by atoms with Crippen molar-refractivity contribution in [3.63, 3.8) is 0 Å². The van der Waals surface area contributed by atoms with Gasteiger partial charge in [0, 0.05) is 57.3 Å². The third-order valence-corrected chi connectivity index (χ3v) is 7.48. The second-order valence-corrected chi connectivity index (χ2v) is 10.4. The number of nitrogens with zero attached hydrogens (tertiary/aromatic N) is 6. The number of benzene rings is 1. The van der Waals surface area contributed by atoms with Crippen molar-refractivity contribution in [2.24, 2.45) is 12.5 Å². The van der Waals surface area contributed by atoms with E-state index in [1.807, 2.05) is 12.1 Å². The molecule has 2 aliphatic rings. The zero-order valence-electron chi connectivity index (χ0n) is 22.1. The Bertz CT molecular complexity index is 1500. The topological polar surface area (TPSA) is 106 Å². The van der Waals surface area contributed by atoms with E-state index in [1.54, 1.807) is 43.2 Å². The van der Waals surface area contributed by atoms with E-state index >= 15 is 0 Å². The van der Waals surface area contributed by atoms with Gasteiger partial charge in [-0.1, -0.05) is 6.07 Å². The number of methoxy groups -OCH3 is 1. The number of aromatic amines is 1. The number of alkyl halides is 2. The molecule has 0 unspecified atom stereocenters. The molecule has 0 bridgehead atoms. The number of aromatic nitrogens is 6. The summed E-state index contributed by atoms with van der Waals surface area (Å²) in [6.45, 7) is 2.00. The zero-order valence-corrected chi connectivity index (χ0v) is 22.1. The van der Waals surface area contributed by atoms with Crippen molar-refractivity contribution in [3.05, 3.63) is 48.7 Å². The molecule has 1 aliphatic heterocycles. The van der Waals surface area contributed by atoms with Crippen LogP contribution in [-0.4, -0.2) is 69.3 Å². The van der Waals surface area contributed by atoms with Gasteiger partial charge in [0.15, 0.2) is 5.82 Å². The molecule has 4 aromatic rings. The van der Waals surface area contributed by atoms with Crippen LogP contribution in [0, 0.1) is 11.4 Å². The molecule has 1 saturated heterocycles. The molecule has 1 spiro atoms. The minimum Gasteiger partial charge on any atom is -0.489 e. The molecule has 2 fully saturated rings. The first-order valence-electron chi connectivity index (χ1n) is 13.0. The molecular weight excluding hydrogens is 525 g/mol. The van der Waals surface area contributed by atoms with Gasteiger partial charge in [-0.15, -0.1) is 5.10 Å². The average molecular weight is 555 g/mol. The molecule has 1 saturated carbocycles. The summed E-state index contributed by atoms with van der Waals surface area (Å²) in [6, 6.07) is 9.01. The first-order valence-corrected chi connectivity index (χ1v) is 13.0. The molecule has 3 aromatic heterocycles. The van der Waals surface area contributed by atoms with Gasteiger partial charge >= 0.3 is 0 Å². The number of hydrogen-bond donors (Lipinski definition) is 2. The number of H-pyrrole nitrogens is 1. The minimum absolute atomic E-state index is 0.0374. The molecule has 4 heterocycles. The summed E-state index contributed by atoms with van der Waals surface area (Å²) in [7, 11) is 3.35. The fraction of sp³-hybridized carbons (Fsp3) is 0.407. The smallest absolute Gasteiger partial charge is 0.249 e. The van der Waals surface area contributed by atoms with E-state index in [-0.39, 0.29) is 18.3 Å². The van der Waals surface area contributed by atoms with Crippen molar-refractivity contribution < 1.29 is 22.6 Å². The molecule has 10 nitrogen and oxygen atoms in total. The first kappa shape index (κ1) is 26.1. The lowest BCUT2D eigenvalue weighted by molar-refractivity contribution is -0.152. The number of nitrogens with one attached hydrogen (secondary N) is 2. The lowest BCUT2D eigenvalue weighted by atomic mass is 9.65. The number of aryl methyl sites for hydroxylation is 1. The highest BCUT2D eigenvalue weighted by atomic mass is 19.3. The molecule has 0 radical (unpaired) electrons. The van der Waals surface area contributed by atoms with Crippen molar-refractivity contribution in [2.45, 2.75) is 25.2 Å². The number of anilines is 3. The van der Waals surface area contributed by atoms with Crippen LogP contribution in [0.3, 0.4) is 0 Å². The summed E-state index contributed by atoms with van der Waals surface area (Å²) in [6.07, 6.45) is 3.80. The zero-order chi connectivity index (χ0) is 27.9. The number of rotatable bonds is 9. The van der Waals surface area contributed by atoms with Crippen molar-refractivity contribution in [1.29, 1.82) is 0 Å². The maximum Gasteiger partial charge on any atom is 0.249 e. The normalized spacial score (nSPS) is 17.3. The monoisotopic (exact) mass is 554 g/mol. The van der Waals surface area contributed by atoms with Gasteiger partial charge in [-0.2, -0.15) is 14.5 Å². The van der Waals surface area contributed by atoms with Crippen molar-refractivity contribution in [3.8, 4) is 28.3 Å². The van der Waals surface area contributed by atoms with Gasteiger partial charge < -0.3 is 19.7 Å². The fourth-order valence-electron chi connectivity index (χ4n) is 5.53. The maximum absolute atomic E-state index is 14.1. The largest absolute Gasteiger partial charge is 0.489 e. The molecule has 0 atom stereocenters. The summed E-state index contributed by atoms with van der Waals surface area (Å²) in [5, 5.41) is 13.8. The van der Waals surface area contributed by atoms with E-state index in [0.29, 0.717) is 54.1 Å². The Labute approximate surface area is 228 Å². The van der Waals surface area contributed by atoms with Gasteiger partial charge in [0.05, 0.1) is 24.1 Å². The molecule has 13 heteroatoms. The SMILES string of the molecule is COCCOc1cc(-c2cn[nH]c2F)ccc1Nc1nc(-c2ccc(N3CCC4(C3)CC(F)(F)C4)nc2)nn1C. The van der Waals surface area contributed by atoms with Crippen LogP contribution in [0.15, 0.2) is 42.7 Å². The predicted molar refractivity (Wildman–Crippen MR) is 142 cm³/mol. The summed E-state index contributed by atoms with van der Waals surface area (Å²) in [5.41, 5.74) is 1.98. The molecule has 2 N–H and O–H groups in total. The van der Waals surface area contributed by atoms with E-state index < -0.39 is 11.9 Å². The molecular formula is C27H29F3N8O2. The molecule has 1 aromatic carbocycles. The van der Waals surface area contributed by atoms with Crippen molar-refractivity contribution in [1.82, 2.24) is 29.9 Å². The highest BCUT2D eigenvalue weighted by Crippen LogP contribution is 2.56. The maximum atomic E-state index is 14.1. The van der Waals surface area contributed by atoms with Crippen LogP contribution >= 0.6 is 0 Å². The Morgan fingerprint density at radius 3 is 2.62 bits per heavy atom. The third-order valence-electron chi connectivity index (χ3n) is 7.48. The highest BCUT2D eigenvalue weighted by Gasteiger charge is 2.58. The van der Waals surface area contributed by atoms with Crippen LogP contribution in [0.4, 0.5) is 30.6 Å². The van der Waals surface area contributed by atoms with Crippen LogP contribution < -0.4 is 15.0 Å². The van der Waals surface area contributed by atoms with Gasteiger partial charge in [-0.3, -0.25) is 5.10 Å². The Morgan fingerprint density at radius 1 is 1.10 bits per heavy atom. The average Bonchev–Trinajstić information content (AvgIpc) is 3.64. The van der Waals surface area contributed by atoms with Gasteiger partial charge in [-0.25, -0.2) is 18.4 Å². The number of halogens is 3. The van der Waals surface area contributed by atoms with Crippen LogP contribution in [-0.2, 0) is 11.8 Å². The third kappa shape index (κ3) is 5.08. The van der Waals surface area contributed by atoms with E-state index in [2.05, 4.69) is 35.5 Å². The van der Waals surface area contributed by atoms with Gasteiger partial charge in [0.1, 0.15) is 18.2 Å². The van der Waals surface area contributed by atoms with Crippen LogP contribution in [0.25, 0.3) is 22.5 Å². The van der Waals surface area contributed by atoms with Gasteiger partial charge in [-0.05, 0) is 36.2 Å². The Hall–Kier alpha value is -4.13. The number of ether oxygens (including phenoxy) is 2. The van der Waals surface area contributed by atoms with Gasteiger partial charge in [0.25, 0.3) is 0 Å². The summed E-state index contributed by atoms with van der Waals surface area (Å²) in [4.78, 5) is 11.3. The Kier molecular flexibility index (Phi) is 6.61. The van der Waals surface area contributed by atoms with Gasteiger partial charge in [0.2, 0.25) is 17.8 Å². The molecule has 210 valence electrons. The predicted octanol–water partition coefficient (Wildman–Crippen LogP) is 4.80. The highest BCUT2D eigenvalue weighted by molar-refractivity contribution is 5.73. The molecule has 40 heavy (non-hydrogen) atoms. The summed E-state index contributed by atoms with van der Waals surface area (Å²) < 4.78 is 53.6. The fourth-order valence-corrected chi connectivity index (χ4v) is 5.53. The van der Waals surface area contributed by atoms with Crippen LogP contribution in [0.5, 0.6) is 5.75 Å². The van der Waals surface area contributed by atoms with Crippen LogP contribution in [0.1, 0.15) is 19.3 Å². The quantitative estimate of drug-likeness (QED) is 0.284. The minimum atomic E-state index is -2.53. The van der Waals surface area contributed by atoms with Crippen molar-refractivity contribution >= 4 is 17.5 Å². The second kappa shape index (κ2) is 10.1. The molecule has 1 aliphatic carbocycles. The van der Waals surface area contributed by atoms with Crippen LogP contribution in [0.2, 0.25) is 0 Å². The van der Waals surface area contributed by atoms with E-state index in [9.17, 15) is 13.2 Å². The number of hydrogen-bond acceptors (Lipinski definition) is 8. The lowest BCUT2D eigenvalue weighted by Gasteiger charge is -2.44. The molecule has 6 rings (SSSR count). The van der Waals surface area contributed by atoms with Crippen molar-refractivity contribution in [2.75, 3.05) is 43.6 Å². The lowest BCUT2D eigenvalue weighted by Crippen LogP contribution is -2.47.